The van der Waals surface area contributed by atoms with Crippen LogP contribution in [0, 0.1) is 23.4 Å². The SMILES string of the molecule is N[C@H](c1cc(F)c(F)cc1F)[C@@H](O)C1CCC1. The Morgan fingerprint density at radius 1 is 1.12 bits per heavy atom. The van der Waals surface area contributed by atoms with E-state index in [1.807, 2.05) is 0 Å². The first-order valence-corrected chi connectivity index (χ1v) is 5.59. The van der Waals surface area contributed by atoms with E-state index in [1.54, 1.807) is 0 Å². The van der Waals surface area contributed by atoms with Crippen molar-refractivity contribution >= 4 is 0 Å². The molecule has 2 atom stereocenters. The standard InChI is InChI=1S/C12H14F3NO/c13-8-5-10(15)9(14)4-7(8)11(16)12(17)6-2-1-3-6/h4-6,11-12,17H,1-3,16H2/t11-,12+/m1/s1. The first-order valence-electron chi connectivity index (χ1n) is 5.59. The molecule has 0 unspecified atom stereocenters. The summed E-state index contributed by atoms with van der Waals surface area (Å²) in [6.45, 7) is 0. The fourth-order valence-corrected chi connectivity index (χ4v) is 2.05. The molecule has 2 nitrogen and oxygen atoms in total. The minimum Gasteiger partial charge on any atom is -0.391 e. The number of halogens is 3. The van der Waals surface area contributed by atoms with Gasteiger partial charge in [-0.25, -0.2) is 13.2 Å². The lowest BCUT2D eigenvalue weighted by Gasteiger charge is -2.33. The van der Waals surface area contributed by atoms with Crippen molar-refractivity contribution in [3.05, 3.63) is 35.1 Å². The monoisotopic (exact) mass is 245 g/mol. The van der Waals surface area contributed by atoms with E-state index in [-0.39, 0.29) is 11.5 Å². The van der Waals surface area contributed by atoms with Crippen LogP contribution in [0.4, 0.5) is 13.2 Å². The Kier molecular flexibility index (Phi) is 3.40. The summed E-state index contributed by atoms with van der Waals surface area (Å²) < 4.78 is 39.2. The molecule has 1 aromatic rings. The maximum atomic E-state index is 13.4. The van der Waals surface area contributed by atoms with Crippen molar-refractivity contribution in [1.82, 2.24) is 0 Å². The van der Waals surface area contributed by atoms with Crippen LogP contribution in [0.1, 0.15) is 30.9 Å². The summed E-state index contributed by atoms with van der Waals surface area (Å²) in [6, 6.07) is 0.158. The van der Waals surface area contributed by atoms with Crippen molar-refractivity contribution in [2.24, 2.45) is 11.7 Å². The van der Waals surface area contributed by atoms with E-state index in [0.29, 0.717) is 6.07 Å². The van der Waals surface area contributed by atoms with Gasteiger partial charge in [0.15, 0.2) is 11.6 Å². The van der Waals surface area contributed by atoms with Crippen molar-refractivity contribution in [1.29, 1.82) is 0 Å². The second-order valence-corrected chi connectivity index (χ2v) is 4.50. The highest BCUT2D eigenvalue weighted by Crippen LogP contribution is 2.35. The van der Waals surface area contributed by atoms with Crippen LogP contribution in [-0.4, -0.2) is 11.2 Å². The molecule has 0 saturated heterocycles. The molecule has 0 bridgehead atoms. The van der Waals surface area contributed by atoms with E-state index in [0.717, 1.165) is 25.3 Å². The summed E-state index contributed by atoms with van der Waals surface area (Å²) in [4.78, 5) is 0. The van der Waals surface area contributed by atoms with Gasteiger partial charge in [0.05, 0.1) is 12.1 Å². The van der Waals surface area contributed by atoms with Crippen molar-refractivity contribution < 1.29 is 18.3 Å². The molecule has 0 spiro atoms. The van der Waals surface area contributed by atoms with Crippen molar-refractivity contribution in [3.8, 4) is 0 Å². The molecular formula is C12H14F3NO. The second-order valence-electron chi connectivity index (χ2n) is 4.50. The lowest BCUT2D eigenvalue weighted by atomic mass is 9.77. The molecule has 3 N–H and O–H groups in total. The smallest absolute Gasteiger partial charge is 0.161 e. The Labute approximate surface area is 97.2 Å². The van der Waals surface area contributed by atoms with Gasteiger partial charge in [-0.05, 0) is 24.8 Å². The van der Waals surface area contributed by atoms with Gasteiger partial charge in [0.1, 0.15) is 5.82 Å². The van der Waals surface area contributed by atoms with Crippen LogP contribution in [-0.2, 0) is 0 Å². The number of hydrogen-bond donors (Lipinski definition) is 2. The van der Waals surface area contributed by atoms with Gasteiger partial charge in [0.2, 0.25) is 0 Å². The third-order valence-electron chi connectivity index (χ3n) is 3.40. The Balaban J connectivity index is 2.23. The average Bonchev–Trinajstić information content (AvgIpc) is 2.20. The molecule has 1 aliphatic carbocycles. The fourth-order valence-electron chi connectivity index (χ4n) is 2.05. The van der Waals surface area contributed by atoms with Crippen LogP contribution in [0.15, 0.2) is 12.1 Å². The molecule has 2 rings (SSSR count). The van der Waals surface area contributed by atoms with E-state index < -0.39 is 29.6 Å². The Bertz CT molecular complexity index is 420. The molecule has 94 valence electrons. The van der Waals surface area contributed by atoms with Crippen molar-refractivity contribution in [3.63, 3.8) is 0 Å². The van der Waals surface area contributed by atoms with E-state index in [9.17, 15) is 18.3 Å². The minimum atomic E-state index is -1.25. The summed E-state index contributed by atoms with van der Waals surface area (Å²) in [6.07, 6.45) is 1.76. The Morgan fingerprint density at radius 2 is 1.71 bits per heavy atom. The summed E-state index contributed by atoms with van der Waals surface area (Å²) in [5.41, 5.74) is 5.51. The zero-order chi connectivity index (χ0) is 12.6. The minimum absolute atomic E-state index is 0.0255. The Hall–Kier alpha value is -1.07. The maximum absolute atomic E-state index is 13.4. The number of aliphatic hydroxyl groups excluding tert-OH is 1. The van der Waals surface area contributed by atoms with Gasteiger partial charge in [-0.15, -0.1) is 0 Å². The predicted octanol–water partition coefficient (Wildman–Crippen LogP) is 2.26. The van der Waals surface area contributed by atoms with Gasteiger partial charge in [0.25, 0.3) is 0 Å². The zero-order valence-corrected chi connectivity index (χ0v) is 9.17. The molecule has 17 heavy (non-hydrogen) atoms. The van der Waals surface area contributed by atoms with Crippen LogP contribution in [0.3, 0.4) is 0 Å². The number of aliphatic hydroxyl groups is 1. The van der Waals surface area contributed by atoms with E-state index >= 15 is 0 Å². The highest BCUT2D eigenvalue weighted by molar-refractivity contribution is 5.24. The predicted molar refractivity (Wildman–Crippen MR) is 56.6 cm³/mol. The van der Waals surface area contributed by atoms with Crippen LogP contribution in [0.5, 0.6) is 0 Å². The van der Waals surface area contributed by atoms with Gasteiger partial charge in [-0.2, -0.15) is 0 Å². The molecule has 0 aromatic heterocycles. The number of benzene rings is 1. The van der Waals surface area contributed by atoms with Crippen LogP contribution in [0.2, 0.25) is 0 Å². The molecular weight excluding hydrogens is 231 g/mol. The van der Waals surface area contributed by atoms with Gasteiger partial charge in [-0.3, -0.25) is 0 Å². The lowest BCUT2D eigenvalue weighted by molar-refractivity contribution is 0.0403. The molecule has 5 heteroatoms. The summed E-state index contributed by atoms with van der Waals surface area (Å²) in [5.74, 6) is -3.30. The summed E-state index contributed by atoms with van der Waals surface area (Å²) >= 11 is 0. The normalized spacial score (nSPS) is 19.8. The van der Waals surface area contributed by atoms with E-state index in [4.69, 9.17) is 5.73 Å². The quantitative estimate of drug-likeness (QED) is 0.802. The van der Waals surface area contributed by atoms with Crippen molar-refractivity contribution in [2.75, 3.05) is 0 Å². The van der Waals surface area contributed by atoms with Gasteiger partial charge in [0, 0.05) is 11.6 Å². The number of rotatable bonds is 3. The molecule has 0 heterocycles. The van der Waals surface area contributed by atoms with Gasteiger partial charge >= 0.3 is 0 Å². The lowest BCUT2D eigenvalue weighted by Crippen LogP contribution is -2.37. The zero-order valence-electron chi connectivity index (χ0n) is 9.17. The molecule has 1 fully saturated rings. The summed E-state index contributed by atoms with van der Waals surface area (Å²) in [7, 11) is 0. The van der Waals surface area contributed by atoms with Gasteiger partial charge < -0.3 is 10.8 Å². The molecule has 1 aromatic carbocycles. The largest absolute Gasteiger partial charge is 0.391 e. The molecule has 1 saturated carbocycles. The van der Waals surface area contributed by atoms with Crippen LogP contribution in [0.25, 0.3) is 0 Å². The van der Waals surface area contributed by atoms with Crippen molar-refractivity contribution in [2.45, 2.75) is 31.4 Å². The first-order chi connectivity index (χ1) is 8.00. The molecule has 0 aliphatic heterocycles. The number of nitrogens with two attached hydrogens (primary N) is 1. The van der Waals surface area contributed by atoms with Crippen LogP contribution < -0.4 is 5.73 Å². The second kappa shape index (κ2) is 4.66. The maximum Gasteiger partial charge on any atom is 0.161 e. The van der Waals surface area contributed by atoms with E-state index in [1.165, 1.54) is 0 Å². The molecule has 1 aliphatic rings. The highest BCUT2D eigenvalue weighted by Gasteiger charge is 2.32. The molecule has 0 amide bonds. The molecule has 0 radical (unpaired) electrons. The number of hydrogen-bond acceptors (Lipinski definition) is 2. The van der Waals surface area contributed by atoms with Crippen LogP contribution >= 0.6 is 0 Å². The first kappa shape index (κ1) is 12.4. The summed E-state index contributed by atoms with van der Waals surface area (Å²) in [5, 5.41) is 9.87. The topological polar surface area (TPSA) is 46.2 Å². The van der Waals surface area contributed by atoms with E-state index in [2.05, 4.69) is 0 Å². The van der Waals surface area contributed by atoms with Gasteiger partial charge in [-0.1, -0.05) is 6.42 Å². The average molecular weight is 245 g/mol. The fraction of sp³-hybridized carbons (Fsp3) is 0.500. The highest BCUT2D eigenvalue weighted by atomic mass is 19.2. The third kappa shape index (κ3) is 2.30. The Morgan fingerprint density at radius 3 is 2.24 bits per heavy atom. The third-order valence-corrected chi connectivity index (χ3v) is 3.40.